The first-order valence-corrected chi connectivity index (χ1v) is 8.81. The van der Waals surface area contributed by atoms with E-state index in [0.29, 0.717) is 28.6 Å². The molecule has 0 atom stereocenters. The van der Waals surface area contributed by atoms with Crippen molar-refractivity contribution < 1.29 is 9.59 Å². The van der Waals surface area contributed by atoms with Gasteiger partial charge in [-0.25, -0.2) is 0 Å². The highest BCUT2D eigenvalue weighted by atomic mass is 35.5. The van der Waals surface area contributed by atoms with Crippen LogP contribution in [0.5, 0.6) is 0 Å². The highest BCUT2D eigenvalue weighted by Gasteiger charge is 2.16. The number of likely N-dealkylation sites (tertiary alicyclic amines) is 1. The molecule has 4 nitrogen and oxygen atoms in total. The Morgan fingerprint density at radius 2 is 1.65 bits per heavy atom. The zero-order chi connectivity index (χ0) is 16.7. The van der Waals surface area contributed by atoms with Crippen LogP contribution >= 0.6 is 23.2 Å². The fraction of sp³-hybridized carbons (Fsp3) is 0.529. The number of hydrogen-bond acceptors (Lipinski definition) is 2. The van der Waals surface area contributed by atoms with Gasteiger partial charge in [-0.2, -0.15) is 0 Å². The van der Waals surface area contributed by atoms with Crippen LogP contribution in [0.1, 0.15) is 37.7 Å². The van der Waals surface area contributed by atoms with Crippen LogP contribution in [0.15, 0.2) is 18.2 Å². The summed E-state index contributed by atoms with van der Waals surface area (Å²) in [5.74, 6) is -0.0633. The third-order valence-electron chi connectivity index (χ3n) is 4.02. The van der Waals surface area contributed by atoms with Crippen LogP contribution in [-0.2, 0) is 16.0 Å². The molecule has 0 saturated carbocycles. The second kappa shape index (κ2) is 9.14. The third kappa shape index (κ3) is 5.70. The van der Waals surface area contributed by atoms with Gasteiger partial charge < -0.3 is 10.2 Å². The second-order valence-corrected chi connectivity index (χ2v) is 6.59. The molecule has 1 N–H and O–H groups in total. The number of rotatable bonds is 5. The highest BCUT2D eigenvalue weighted by molar-refractivity contribution is 6.36. The van der Waals surface area contributed by atoms with Crippen molar-refractivity contribution in [3.8, 4) is 0 Å². The van der Waals surface area contributed by atoms with Crippen LogP contribution in [-0.4, -0.2) is 36.3 Å². The first-order chi connectivity index (χ1) is 11.1. The van der Waals surface area contributed by atoms with Crippen molar-refractivity contribution in [1.82, 2.24) is 10.2 Å². The predicted octanol–water partition coefficient (Wildman–Crippen LogP) is 3.44. The van der Waals surface area contributed by atoms with Crippen molar-refractivity contribution in [2.75, 3.05) is 19.6 Å². The van der Waals surface area contributed by atoms with Gasteiger partial charge in [-0.1, -0.05) is 42.1 Å². The van der Waals surface area contributed by atoms with Crippen molar-refractivity contribution in [2.45, 2.75) is 38.5 Å². The van der Waals surface area contributed by atoms with Crippen LogP contribution in [0.4, 0.5) is 0 Å². The lowest BCUT2D eigenvalue weighted by Crippen LogP contribution is -2.35. The Morgan fingerprint density at radius 1 is 1.04 bits per heavy atom. The number of nitrogens with one attached hydrogen (secondary N) is 1. The number of nitrogens with zero attached hydrogens (tertiary/aromatic N) is 1. The first kappa shape index (κ1) is 18.1. The summed E-state index contributed by atoms with van der Waals surface area (Å²) in [6.07, 6.45) is 4.99. The van der Waals surface area contributed by atoms with E-state index < -0.39 is 0 Å². The molecule has 0 aromatic heterocycles. The summed E-state index contributed by atoms with van der Waals surface area (Å²) < 4.78 is 0. The minimum Gasteiger partial charge on any atom is -0.355 e. The zero-order valence-corrected chi connectivity index (χ0v) is 14.6. The molecule has 1 aromatic rings. The topological polar surface area (TPSA) is 49.4 Å². The molecule has 0 aliphatic carbocycles. The molecule has 1 saturated heterocycles. The van der Waals surface area contributed by atoms with E-state index in [1.54, 1.807) is 18.2 Å². The lowest BCUT2D eigenvalue weighted by atomic mass is 10.1. The molecular formula is C17H22Cl2N2O2. The van der Waals surface area contributed by atoms with Gasteiger partial charge in [0.05, 0.1) is 6.42 Å². The molecular weight excluding hydrogens is 335 g/mol. The molecule has 1 fully saturated rings. The average molecular weight is 357 g/mol. The summed E-state index contributed by atoms with van der Waals surface area (Å²) in [5, 5.41) is 3.73. The molecule has 23 heavy (non-hydrogen) atoms. The summed E-state index contributed by atoms with van der Waals surface area (Å²) in [4.78, 5) is 26.0. The Bertz CT molecular complexity index is 535. The highest BCUT2D eigenvalue weighted by Crippen LogP contribution is 2.24. The number of carbonyl (C=O) groups is 2. The molecule has 2 rings (SSSR count). The first-order valence-electron chi connectivity index (χ1n) is 8.05. The molecule has 1 aliphatic rings. The van der Waals surface area contributed by atoms with Gasteiger partial charge in [-0.05, 0) is 30.5 Å². The molecule has 1 aliphatic heterocycles. The maximum absolute atomic E-state index is 12.1. The molecule has 1 aromatic carbocycles. The van der Waals surface area contributed by atoms with E-state index in [1.807, 2.05) is 4.90 Å². The molecule has 6 heteroatoms. The largest absolute Gasteiger partial charge is 0.355 e. The van der Waals surface area contributed by atoms with Crippen LogP contribution in [0.3, 0.4) is 0 Å². The van der Waals surface area contributed by atoms with Crippen molar-refractivity contribution in [1.29, 1.82) is 0 Å². The van der Waals surface area contributed by atoms with E-state index in [-0.39, 0.29) is 18.2 Å². The Labute approximate surface area is 147 Å². The number of hydrogen-bond donors (Lipinski definition) is 1. The average Bonchev–Trinajstić information content (AvgIpc) is 2.80. The Hall–Kier alpha value is -1.26. The Morgan fingerprint density at radius 3 is 2.26 bits per heavy atom. The Kier molecular flexibility index (Phi) is 7.18. The lowest BCUT2D eigenvalue weighted by molar-refractivity contribution is -0.131. The minimum absolute atomic E-state index is 0.114. The van der Waals surface area contributed by atoms with Crippen LogP contribution < -0.4 is 5.32 Å². The van der Waals surface area contributed by atoms with E-state index in [1.165, 1.54) is 12.8 Å². The fourth-order valence-corrected chi connectivity index (χ4v) is 3.24. The van der Waals surface area contributed by atoms with Gasteiger partial charge in [0.2, 0.25) is 11.8 Å². The van der Waals surface area contributed by atoms with Crippen LogP contribution in [0.25, 0.3) is 0 Å². The summed E-state index contributed by atoms with van der Waals surface area (Å²) in [7, 11) is 0. The molecule has 0 bridgehead atoms. The second-order valence-electron chi connectivity index (χ2n) is 5.77. The predicted molar refractivity (Wildman–Crippen MR) is 92.8 cm³/mol. The zero-order valence-electron chi connectivity index (χ0n) is 13.1. The number of benzene rings is 1. The van der Waals surface area contributed by atoms with Gasteiger partial charge in [0.15, 0.2) is 0 Å². The minimum atomic E-state index is -0.177. The van der Waals surface area contributed by atoms with Gasteiger partial charge in [0.1, 0.15) is 0 Å². The molecule has 126 valence electrons. The standard InChI is InChI=1S/C17H22Cl2N2O2/c18-14-6-5-7-15(19)13(14)12-16(22)20-9-8-17(23)21-10-3-1-2-4-11-21/h5-7H,1-4,8-12H2,(H,20,22). The normalized spacial score (nSPS) is 15.1. The van der Waals surface area contributed by atoms with E-state index in [0.717, 1.165) is 25.9 Å². The molecule has 0 spiro atoms. The van der Waals surface area contributed by atoms with Crippen molar-refractivity contribution in [2.24, 2.45) is 0 Å². The van der Waals surface area contributed by atoms with Gasteiger partial charge in [0, 0.05) is 36.1 Å². The van der Waals surface area contributed by atoms with Crippen LogP contribution in [0, 0.1) is 0 Å². The fourth-order valence-electron chi connectivity index (χ4n) is 2.71. The smallest absolute Gasteiger partial charge is 0.224 e. The summed E-state index contributed by atoms with van der Waals surface area (Å²) >= 11 is 12.1. The van der Waals surface area contributed by atoms with Crippen molar-refractivity contribution in [3.63, 3.8) is 0 Å². The SMILES string of the molecule is O=C(Cc1c(Cl)cccc1Cl)NCCC(=O)N1CCCCCC1. The van der Waals surface area contributed by atoms with Crippen LogP contribution in [0.2, 0.25) is 10.0 Å². The summed E-state index contributed by atoms with van der Waals surface area (Å²) in [6, 6.07) is 5.16. The molecule has 0 unspecified atom stereocenters. The van der Waals surface area contributed by atoms with Gasteiger partial charge >= 0.3 is 0 Å². The number of halogens is 2. The van der Waals surface area contributed by atoms with Crippen molar-refractivity contribution >= 4 is 35.0 Å². The lowest BCUT2D eigenvalue weighted by Gasteiger charge is -2.20. The van der Waals surface area contributed by atoms with E-state index >= 15 is 0 Å². The number of amides is 2. The van der Waals surface area contributed by atoms with Crippen molar-refractivity contribution in [3.05, 3.63) is 33.8 Å². The number of carbonyl (C=O) groups excluding carboxylic acids is 2. The molecule has 0 radical (unpaired) electrons. The quantitative estimate of drug-likeness (QED) is 0.878. The van der Waals surface area contributed by atoms with Gasteiger partial charge in [-0.3, -0.25) is 9.59 Å². The summed E-state index contributed by atoms with van der Waals surface area (Å²) in [6.45, 7) is 2.01. The van der Waals surface area contributed by atoms with E-state index in [2.05, 4.69) is 5.32 Å². The van der Waals surface area contributed by atoms with Gasteiger partial charge in [0.25, 0.3) is 0 Å². The Balaban J connectivity index is 1.75. The molecule has 1 heterocycles. The van der Waals surface area contributed by atoms with E-state index in [4.69, 9.17) is 23.2 Å². The molecule has 2 amide bonds. The maximum atomic E-state index is 12.1. The van der Waals surface area contributed by atoms with Gasteiger partial charge in [-0.15, -0.1) is 0 Å². The third-order valence-corrected chi connectivity index (χ3v) is 4.73. The summed E-state index contributed by atoms with van der Waals surface area (Å²) in [5.41, 5.74) is 0.618. The monoisotopic (exact) mass is 356 g/mol. The maximum Gasteiger partial charge on any atom is 0.224 e. The van der Waals surface area contributed by atoms with E-state index in [9.17, 15) is 9.59 Å².